The summed E-state index contributed by atoms with van der Waals surface area (Å²) in [6.45, 7) is 7.22. The van der Waals surface area contributed by atoms with Crippen molar-refractivity contribution in [3.63, 3.8) is 0 Å². The molecule has 0 aromatic heterocycles. The summed E-state index contributed by atoms with van der Waals surface area (Å²) in [5.74, 6) is -0.291. The average molecular weight is 308 g/mol. The van der Waals surface area contributed by atoms with Crippen molar-refractivity contribution < 1.29 is 14.3 Å². The van der Waals surface area contributed by atoms with Crippen LogP contribution in [0.3, 0.4) is 0 Å². The molecule has 2 atom stereocenters. The first kappa shape index (κ1) is 16.9. The van der Waals surface area contributed by atoms with Crippen molar-refractivity contribution in [2.45, 2.75) is 32.3 Å². The summed E-state index contributed by atoms with van der Waals surface area (Å²) in [7, 11) is 0. The molecule has 1 saturated heterocycles. The lowest BCUT2D eigenvalue weighted by molar-refractivity contribution is -0.133. The number of rotatable bonds is 5. The molecule has 1 aliphatic rings. The standard InChI is InChI=1S/C17H25FN2O2/c1-13(15-5-3-4-6-16(15)18)11-17(22)20-9-7-19(8-10-20)12-14(2)21/h3-6,13-14,21H,7-12H2,1-2H3/t13-,14+/m0/s1. The molecule has 1 N–H and O–H groups in total. The Hall–Kier alpha value is -1.46. The summed E-state index contributed by atoms with van der Waals surface area (Å²) >= 11 is 0. The van der Waals surface area contributed by atoms with E-state index in [4.69, 9.17) is 0 Å². The first-order chi connectivity index (χ1) is 10.5. The van der Waals surface area contributed by atoms with Crippen LogP contribution in [0.1, 0.15) is 31.7 Å². The Bertz CT molecular complexity index is 499. The van der Waals surface area contributed by atoms with Crippen LogP contribution in [-0.2, 0) is 4.79 Å². The molecule has 2 rings (SSSR count). The van der Waals surface area contributed by atoms with E-state index >= 15 is 0 Å². The van der Waals surface area contributed by atoms with Crippen LogP contribution in [0.25, 0.3) is 0 Å². The summed E-state index contributed by atoms with van der Waals surface area (Å²) < 4.78 is 13.8. The van der Waals surface area contributed by atoms with E-state index < -0.39 is 0 Å². The molecule has 122 valence electrons. The lowest BCUT2D eigenvalue weighted by Crippen LogP contribution is -2.50. The van der Waals surface area contributed by atoms with Gasteiger partial charge >= 0.3 is 0 Å². The molecule has 1 aromatic carbocycles. The lowest BCUT2D eigenvalue weighted by Gasteiger charge is -2.35. The molecule has 1 fully saturated rings. The quantitative estimate of drug-likeness (QED) is 0.903. The zero-order chi connectivity index (χ0) is 16.1. The molecular weight excluding hydrogens is 283 g/mol. The van der Waals surface area contributed by atoms with Crippen LogP contribution in [0, 0.1) is 5.82 Å². The molecule has 0 bridgehead atoms. The highest BCUT2D eigenvalue weighted by molar-refractivity contribution is 5.77. The van der Waals surface area contributed by atoms with Crippen molar-refractivity contribution in [2.24, 2.45) is 0 Å². The molecule has 1 heterocycles. The second-order valence-electron chi connectivity index (χ2n) is 6.16. The summed E-state index contributed by atoms with van der Waals surface area (Å²) in [4.78, 5) is 16.4. The minimum Gasteiger partial charge on any atom is -0.392 e. The highest BCUT2D eigenvalue weighted by Gasteiger charge is 2.23. The van der Waals surface area contributed by atoms with E-state index in [1.165, 1.54) is 6.07 Å². The number of carbonyl (C=O) groups excluding carboxylic acids is 1. The zero-order valence-electron chi connectivity index (χ0n) is 13.3. The van der Waals surface area contributed by atoms with Crippen LogP contribution < -0.4 is 0 Å². The van der Waals surface area contributed by atoms with Crippen LogP contribution in [0.2, 0.25) is 0 Å². The fraction of sp³-hybridized carbons (Fsp3) is 0.588. The number of halogens is 1. The van der Waals surface area contributed by atoms with Crippen LogP contribution in [0.15, 0.2) is 24.3 Å². The Morgan fingerprint density at radius 1 is 1.23 bits per heavy atom. The number of hydrogen-bond acceptors (Lipinski definition) is 3. The van der Waals surface area contributed by atoms with Gasteiger partial charge in [-0.1, -0.05) is 25.1 Å². The third-order valence-corrected chi connectivity index (χ3v) is 4.16. The number of aliphatic hydroxyl groups is 1. The van der Waals surface area contributed by atoms with E-state index in [9.17, 15) is 14.3 Å². The number of nitrogens with zero attached hydrogens (tertiary/aromatic N) is 2. The van der Waals surface area contributed by atoms with E-state index in [1.54, 1.807) is 25.1 Å². The second kappa shape index (κ2) is 7.70. The number of carbonyl (C=O) groups is 1. The van der Waals surface area contributed by atoms with Crippen molar-refractivity contribution in [1.29, 1.82) is 0 Å². The maximum absolute atomic E-state index is 13.8. The molecule has 0 saturated carbocycles. The van der Waals surface area contributed by atoms with Gasteiger partial charge in [0.15, 0.2) is 0 Å². The Balaban J connectivity index is 1.84. The first-order valence-corrected chi connectivity index (χ1v) is 7.90. The zero-order valence-corrected chi connectivity index (χ0v) is 13.3. The molecule has 1 aliphatic heterocycles. The molecule has 1 aromatic rings. The van der Waals surface area contributed by atoms with Crippen LogP contribution in [-0.4, -0.2) is 59.6 Å². The Morgan fingerprint density at radius 3 is 2.45 bits per heavy atom. The normalized spacial score (nSPS) is 19.0. The van der Waals surface area contributed by atoms with E-state index in [0.717, 1.165) is 13.1 Å². The minimum absolute atomic E-state index is 0.0763. The molecule has 22 heavy (non-hydrogen) atoms. The third kappa shape index (κ3) is 4.52. The van der Waals surface area contributed by atoms with Crippen molar-refractivity contribution in [3.05, 3.63) is 35.6 Å². The van der Waals surface area contributed by atoms with Crippen LogP contribution >= 0.6 is 0 Å². The van der Waals surface area contributed by atoms with Gasteiger partial charge in [-0.3, -0.25) is 9.69 Å². The Labute approximate surface area is 131 Å². The number of piperazine rings is 1. The maximum Gasteiger partial charge on any atom is 0.223 e. The third-order valence-electron chi connectivity index (χ3n) is 4.16. The smallest absolute Gasteiger partial charge is 0.223 e. The van der Waals surface area contributed by atoms with Gasteiger partial charge in [-0.15, -0.1) is 0 Å². The number of β-amino-alcohol motifs (C(OH)–C–C–N with tert-alkyl or cyclic N) is 1. The second-order valence-corrected chi connectivity index (χ2v) is 6.16. The van der Waals surface area contributed by atoms with Crippen LogP contribution in [0.5, 0.6) is 0 Å². The number of hydrogen-bond donors (Lipinski definition) is 1. The summed E-state index contributed by atoms with van der Waals surface area (Å²) in [5, 5.41) is 9.39. The highest BCUT2D eigenvalue weighted by Crippen LogP contribution is 2.23. The Morgan fingerprint density at radius 2 is 1.86 bits per heavy atom. The van der Waals surface area contributed by atoms with Gasteiger partial charge in [0, 0.05) is 39.1 Å². The lowest BCUT2D eigenvalue weighted by atomic mass is 9.96. The molecule has 4 nitrogen and oxygen atoms in total. The SMILES string of the molecule is C[C@@H](O)CN1CCN(C(=O)C[C@H](C)c2ccccc2F)CC1. The number of amides is 1. The summed E-state index contributed by atoms with van der Waals surface area (Å²) in [6, 6.07) is 6.64. The van der Waals surface area contributed by atoms with Gasteiger partial charge in [0.1, 0.15) is 5.82 Å². The highest BCUT2D eigenvalue weighted by atomic mass is 19.1. The van der Waals surface area contributed by atoms with Crippen LogP contribution in [0.4, 0.5) is 4.39 Å². The molecule has 1 amide bonds. The minimum atomic E-state index is -0.344. The molecule has 5 heteroatoms. The van der Waals surface area contributed by atoms with Gasteiger partial charge in [-0.05, 0) is 24.5 Å². The van der Waals surface area contributed by atoms with E-state index in [2.05, 4.69) is 4.90 Å². The number of aliphatic hydroxyl groups excluding tert-OH is 1. The monoisotopic (exact) mass is 308 g/mol. The predicted molar refractivity (Wildman–Crippen MR) is 84.1 cm³/mol. The van der Waals surface area contributed by atoms with Crippen molar-refractivity contribution in [2.75, 3.05) is 32.7 Å². The van der Waals surface area contributed by atoms with E-state index in [0.29, 0.717) is 31.6 Å². The first-order valence-electron chi connectivity index (χ1n) is 7.90. The topological polar surface area (TPSA) is 43.8 Å². The molecule has 0 aliphatic carbocycles. The summed E-state index contributed by atoms with van der Waals surface area (Å²) in [6.07, 6.45) is -0.0134. The fourth-order valence-corrected chi connectivity index (χ4v) is 2.93. The Kier molecular flexibility index (Phi) is 5.91. The van der Waals surface area contributed by atoms with E-state index in [1.807, 2.05) is 11.8 Å². The van der Waals surface area contributed by atoms with Gasteiger partial charge in [0.25, 0.3) is 0 Å². The van der Waals surface area contributed by atoms with Gasteiger partial charge < -0.3 is 10.0 Å². The van der Waals surface area contributed by atoms with E-state index in [-0.39, 0.29) is 23.7 Å². The molecule has 0 spiro atoms. The van der Waals surface area contributed by atoms with Gasteiger partial charge in [-0.25, -0.2) is 4.39 Å². The van der Waals surface area contributed by atoms with Crippen molar-refractivity contribution in [1.82, 2.24) is 9.80 Å². The van der Waals surface area contributed by atoms with Gasteiger partial charge in [0.05, 0.1) is 6.10 Å². The fourth-order valence-electron chi connectivity index (χ4n) is 2.93. The average Bonchev–Trinajstić information content (AvgIpc) is 2.47. The maximum atomic E-state index is 13.8. The van der Waals surface area contributed by atoms with Crippen molar-refractivity contribution in [3.8, 4) is 0 Å². The van der Waals surface area contributed by atoms with Gasteiger partial charge in [0.2, 0.25) is 5.91 Å². The number of benzene rings is 1. The summed E-state index contributed by atoms with van der Waals surface area (Å²) in [5.41, 5.74) is 0.601. The molecule has 0 radical (unpaired) electrons. The predicted octanol–water partition coefficient (Wildman–Crippen LogP) is 1.84. The largest absolute Gasteiger partial charge is 0.392 e. The van der Waals surface area contributed by atoms with Crippen molar-refractivity contribution >= 4 is 5.91 Å². The molecular formula is C17H25FN2O2. The van der Waals surface area contributed by atoms with Gasteiger partial charge in [-0.2, -0.15) is 0 Å². The molecule has 0 unspecified atom stereocenters.